The fourth-order valence-electron chi connectivity index (χ4n) is 2.06. The largest absolute Gasteiger partial charge is 0.383 e. The number of aromatic nitrogens is 3. The van der Waals surface area contributed by atoms with Crippen LogP contribution in [0.5, 0.6) is 0 Å². The summed E-state index contributed by atoms with van der Waals surface area (Å²) < 4.78 is 0. The molecule has 0 atom stereocenters. The molecule has 1 amide bonds. The highest BCUT2D eigenvalue weighted by Crippen LogP contribution is 2.26. The summed E-state index contributed by atoms with van der Waals surface area (Å²) >= 11 is 0. The Balaban J connectivity index is 1.87. The zero-order valence-corrected chi connectivity index (χ0v) is 11.9. The van der Waals surface area contributed by atoms with Crippen molar-refractivity contribution in [3.05, 3.63) is 47.8 Å². The first-order chi connectivity index (χ1) is 10.7. The number of aromatic amines is 1. The molecule has 7 heteroatoms. The number of anilines is 1. The number of nitrogen functional groups attached to an aromatic ring is 1. The molecule has 3 N–H and O–H groups in total. The van der Waals surface area contributed by atoms with Crippen molar-refractivity contribution >= 4 is 28.6 Å². The SMILES string of the molecule is CCc1ccc(C(=O)N=Nc2[nH]c(N)c3nccnc23)cc1. The van der Waals surface area contributed by atoms with E-state index in [0.717, 1.165) is 12.0 Å². The third-order valence-electron chi connectivity index (χ3n) is 3.28. The molecule has 0 saturated heterocycles. The maximum absolute atomic E-state index is 12.0. The molecule has 0 saturated carbocycles. The van der Waals surface area contributed by atoms with Gasteiger partial charge in [-0.25, -0.2) is 9.97 Å². The van der Waals surface area contributed by atoms with Gasteiger partial charge in [-0.05, 0) is 24.1 Å². The first-order valence-electron chi connectivity index (χ1n) is 6.82. The van der Waals surface area contributed by atoms with Crippen molar-refractivity contribution in [2.75, 3.05) is 5.73 Å². The van der Waals surface area contributed by atoms with E-state index >= 15 is 0 Å². The van der Waals surface area contributed by atoms with Crippen LogP contribution in [0.25, 0.3) is 11.0 Å². The summed E-state index contributed by atoms with van der Waals surface area (Å²) in [5.41, 5.74) is 8.42. The van der Waals surface area contributed by atoms with Gasteiger partial charge in [-0.15, -0.1) is 10.2 Å². The molecule has 0 radical (unpaired) electrons. The van der Waals surface area contributed by atoms with Crippen molar-refractivity contribution in [3.63, 3.8) is 0 Å². The standard InChI is InChI=1S/C15H14N6O/c1-2-9-3-5-10(6-4-9)15(22)21-20-14-12-11(13(16)19-14)17-7-8-18-12/h3-8,19H,2,16H2,1H3. The van der Waals surface area contributed by atoms with Gasteiger partial charge in [0.05, 0.1) is 0 Å². The number of carbonyl (C=O) groups is 1. The lowest BCUT2D eigenvalue weighted by Gasteiger charge is -1.97. The minimum atomic E-state index is -0.423. The number of H-pyrrole nitrogens is 1. The van der Waals surface area contributed by atoms with Crippen LogP contribution in [-0.4, -0.2) is 20.9 Å². The molecule has 0 bridgehead atoms. The molecule has 3 aromatic rings. The average molecular weight is 294 g/mol. The van der Waals surface area contributed by atoms with Gasteiger partial charge >= 0.3 is 0 Å². The predicted molar refractivity (Wildman–Crippen MR) is 83.0 cm³/mol. The molecule has 0 unspecified atom stereocenters. The molecule has 1 aromatic carbocycles. The highest BCUT2D eigenvalue weighted by atomic mass is 16.1. The number of benzene rings is 1. The molecule has 2 heterocycles. The number of nitrogens with zero attached hydrogens (tertiary/aromatic N) is 4. The van der Waals surface area contributed by atoms with E-state index in [2.05, 4.69) is 32.1 Å². The summed E-state index contributed by atoms with van der Waals surface area (Å²) in [6.07, 6.45) is 3.98. The molecule has 0 aliphatic carbocycles. The number of aryl methyl sites for hydroxylation is 1. The van der Waals surface area contributed by atoms with E-state index < -0.39 is 5.91 Å². The molecule has 110 valence electrons. The molecule has 2 aromatic heterocycles. The highest BCUT2D eigenvalue weighted by molar-refractivity contribution is 5.96. The third kappa shape index (κ3) is 2.56. The van der Waals surface area contributed by atoms with E-state index in [-0.39, 0.29) is 0 Å². The van der Waals surface area contributed by atoms with Crippen molar-refractivity contribution < 1.29 is 4.79 Å². The Kier molecular flexibility index (Phi) is 3.61. The third-order valence-corrected chi connectivity index (χ3v) is 3.28. The molecule has 0 aliphatic rings. The van der Waals surface area contributed by atoms with Gasteiger partial charge in [0.15, 0.2) is 5.82 Å². The lowest BCUT2D eigenvalue weighted by atomic mass is 10.1. The van der Waals surface area contributed by atoms with Crippen LogP contribution in [0.1, 0.15) is 22.8 Å². The number of nitrogens with one attached hydrogen (secondary N) is 1. The minimum absolute atomic E-state index is 0.319. The molecule has 3 rings (SSSR count). The van der Waals surface area contributed by atoms with Gasteiger partial charge in [-0.1, -0.05) is 19.1 Å². The molecule has 0 fully saturated rings. The van der Waals surface area contributed by atoms with E-state index in [4.69, 9.17) is 5.73 Å². The van der Waals surface area contributed by atoms with E-state index in [9.17, 15) is 4.79 Å². The van der Waals surface area contributed by atoms with Crippen molar-refractivity contribution in [3.8, 4) is 0 Å². The summed E-state index contributed by atoms with van der Waals surface area (Å²) in [6.45, 7) is 2.05. The second-order valence-corrected chi connectivity index (χ2v) is 4.70. The van der Waals surface area contributed by atoms with Gasteiger partial charge in [0.25, 0.3) is 5.91 Å². The molecular formula is C15H14N6O. The normalized spacial score (nSPS) is 11.3. The Labute approximate surface area is 126 Å². The number of carbonyl (C=O) groups excluding carboxylic acids is 1. The molecule has 22 heavy (non-hydrogen) atoms. The Morgan fingerprint density at radius 2 is 1.86 bits per heavy atom. The first-order valence-corrected chi connectivity index (χ1v) is 6.82. The van der Waals surface area contributed by atoms with Crippen LogP contribution >= 0.6 is 0 Å². The quantitative estimate of drug-likeness (QED) is 0.723. The number of fused-ring (bicyclic) bond motifs is 1. The first kappa shape index (κ1) is 13.9. The van der Waals surface area contributed by atoms with Crippen LogP contribution in [-0.2, 0) is 6.42 Å². The van der Waals surface area contributed by atoms with Gasteiger partial charge in [0, 0.05) is 18.0 Å². The summed E-state index contributed by atoms with van der Waals surface area (Å²) in [6, 6.07) is 7.27. The van der Waals surface area contributed by atoms with Crippen LogP contribution in [0.3, 0.4) is 0 Å². The van der Waals surface area contributed by atoms with Crippen molar-refractivity contribution in [2.45, 2.75) is 13.3 Å². The van der Waals surface area contributed by atoms with Crippen molar-refractivity contribution in [2.24, 2.45) is 10.2 Å². The van der Waals surface area contributed by atoms with Gasteiger partial charge < -0.3 is 10.7 Å². The lowest BCUT2D eigenvalue weighted by Crippen LogP contribution is -1.94. The van der Waals surface area contributed by atoms with Crippen LogP contribution in [0.2, 0.25) is 0 Å². The average Bonchev–Trinajstić information content (AvgIpc) is 2.89. The maximum Gasteiger partial charge on any atom is 0.295 e. The monoisotopic (exact) mass is 294 g/mol. The minimum Gasteiger partial charge on any atom is -0.383 e. The Morgan fingerprint density at radius 1 is 1.18 bits per heavy atom. The smallest absolute Gasteiger partial charge is 0.295 e. The Bertz CT molecular complexity index is 850. The summed E-state index contributed by atoms with van der Waals surface area (Å²) in [4.78, 5) is 23.1. The van der Waals surface area contributed by atoms with Crippen LogP contribution < -0.4 is 5.73 Å². The Morgan fingerprint density at radius 3 is 2.55 bits per heavy atom. The van der Waals surface area contributed by atoms with Crippen LogP contribution in [0.4, 0.5) is 11.6 Å². The summed E-state index contributed by atoms with van der Waals surface area (Å²) in [7, 11) is 0. The second kappa shape index (κ2) is 5.72. The lowest BCUT2D eigenvalue weighted by molar-refractivity contribution is 0.0995. The van der Waals surface area contributed by atoms with E-state index in [1.54, 1.807) is 12.1 Å². The number of azo groups is 1. The zero-order valence-electron chi connectivity index (χ0n) is 11.9. The topological polar surface area (TPSA) is 109 Å². The maximum atomic E-state index is 12.0. The summed E-state index contributed by atoms with van der Waals surface area (Å²) in [5.74, 6) is 0.240. The molecular weight excluding hydrogens is 280 g/mol. The number of nitrogens with two attached hydrogens (primary N) is 1. The van der Waals surface area contributed by atoms with E-state index in [1.807, 2.05) is 12.1 Å². The Hall–Kier alpha value is -3.09. The van der Waals surface area contributed by atoms with E-state index in [0.29, 0.717) is 28.2 Å². The van der Waals surface area contributed by atoms with Gasteiger partial charge in [-0.2, -0.15) is 0 Å². The number of rotatable bonds is 3. The molecule has 7 nitrogen and oxygen atoms in total. The van der Waals surface area contributed by atoms with Gasteiger partial charge in [-0.3, -0.25) is 4.79 Å². The summed E-state index contributed by atoms with van der Waals surface area (Å²) in [5, 5.41) is 7.63. The fraction of sp³-hybridized carbons (Fsp3) is 0.133. The zero-order chi connectivity index (χ0) is 15.5. The van der Waals surface area contributed by atoms with Crippen molar-refractivity contribution in [1.82, 2.24) is 15.0 Å². The molecule has 0 aliphatic heterocycles. The highest BCUT2D eigenvalue weighted by Gasteiger charge is 2.10. The molecule has 0 spiro atoms. The number of hydrogen-bond donors (Lipinski definition) is 2. The van der Waals surface area contributed by atoms with E-state index in [1.165, 1.54) is 12.4 Å². The fourth-order valence-corrected chi connectivity index (χ4v) is 2.06. The second-order valence-electron chi connectivity index (χ2n) is 4.70. The predicted octanol–water partition coefficient (Wildman–Crippen LogP) is 3.03. The van der Waals surface area contributed by atoms with Crippen LogP contribution in [0, 0.1) is 0 Å². The van der Waals surface area contributed by atoms with Gasteiger partial charge in [0.2, 0.25) is 0 Å². The number of amides is 1. The number of hydrogen-bond acceptors (Lipinski definition) is 5. The van der Waals surface area contributed by atoms with Crippen molar-refractivity contribution in [1.29, 1.82) is 0 Å². The van der Waals surface area contributed by atoms with Crippen LogP contribution in [0.15, 0.2) is 46.9 Å². The van der Waals surface area contributed by atoms with Gasteiger partial charge in [0.1, 0.15) is 16.9 Å².